The minimum absolute atomic E-state index is 0.0899. The van der Waals surface area contributed by atoms with E-state index in [2.05, 4.69) is 182 Å². The Morgan fingerprint density at radius 2 is 0.765 bits per heavy atom. The molecule has 51 heavy (non-hydrogen) atoms. The van der Waals surface area contributed by atoms with Crippen molar-refractivity contribution in [2.24, 2.45) is 0 Å². The summed E-state index contributed by atoms with van der Waals surface area (Å²) < 4.78 is 0. The van der Waals surface area contributed by atoms with Gasteiger partial charge in [0.1, 0.15) is 8.07 Å². The summed E-state index contributed by atoms with van der Waals surface area (Å²) >= 11 is 0. The molecule has 6 rings (SSSR count). The minimum atomic E-state index is -1.96. The summed E-state index contributed by atoms with van der Waals surface area (Å²) in [6.07, 6.45) is 7.51. The van der Waals surface area contributed by atoms with Crippen LogP contribution in [-0.4, -0.2) is 8.07 Å². The van der Waals surface area contributed by atoms with Gasteiger partial charge in [-0.05, 0) is 101 Å². The van der Waals surface area contributed by atoms with Crippen LogP contribution >= 0.6 is 0 Å². The first kappa shape index (κ1) is 37.3. The van der Waals surface area contributed by atoms with Crippen LogP contribution < -0.4 is 0 Å². The predicted octanol–water partition coefficient (Wildman–Crippen LogP) is 14.4. The van der Waals surface area contributed by atoms with Crippen LogP contribution in [-0.2, 0) is 34.5 Å². The summed E-state index contributed by atoms with van der Waals surface area (Å²) in [6.45, 7) is 33.1. The van der Waals surface area contributed by atoms with Crippen LogP contribution in [0.15, 0.2) is 83.2 Å². The van der Waals surface area contributed by atoms with Gasteiger partial charge in [-0.2, -0.15) is 0 Å². The van der Waals surface area contributed by atoms with Crippen molar-refractivity contribution >= 4 is 20.2 Å². The topological polar surface area (TPSA) is 0 Å². The van der Waals surface area contributed by atoms with Crippen LogP contribution in [0.2, 0.25) is 12.1 Å². The smallest absolute Gasteiger partial charge is 0.0709 e. The molecule has 0 aromatic heterocycles. The van der Waals surface area contributed by atoms with Gasteiger partial charge in [0.15, 0.2) is 0 Å². The molecule has 0 nitrogen and oxygen atoms in total. The molecule has 0 saturated heterocycles. The predicted molar refractivity (Wildman–Crippen MR) is 229 cm³/mol. The van der Waals surface area contributed by atoms with Crippen LogP contribution in [0.5, 0.6) is 0 Å². The number of benzene rings is 4. The van der Waals surface area contributed by atoms with Crippen LogP contribution in [0, 0.1) is 0 Å². The molecule has 0 radical (unpaired) electrons. The molecule has 0 saturated carbocycles. The molecule has 0 spiro atoms. The second-order valence-electron chi connectivity index (χ2n) is 19.8. The van der Waals surface area contributed by atoms with E-state index in [1.54, 1.807) is 10.4 Å². The van der Waals surface area contributed by atoms with Gasteiger partial charge in [-0.25, -0.2) is 0 Å². The Labute approximate surface area is 312 Å². The van der Waals surface area contributed by atoms with Crippen LogP contribution in [0.3, 0.4) is 0 Å². The van der Waals surface area contributed by atoms with E-state index >= 15 is 0 Å². The Balaban J connectivity index is 1.46. The van der Waals surface area contributed by atoms with Crippen molar-refractivity contribution in [2.45, 2.75) is 144 Å². The van der Waals surface area contributed by atoms with E-state index in [4.69, 9.17) is 0 Å². The van der Waals surface area contributed by atoms with Gasteiger partial charge in [-0.1, -0.05) is 204 Å². The Morgan fingerprint density at radius 3 is 1.04 bits per heavy atom. The maximum absolute atomic E-state index is 2.66. The first-order valence-electron chi connectivity index (χ1n) is 19.6. The molecule has 4 aromatic carbocycles. The first-order chi connectivity index (χ1) is 23.7. The fourth-order valence-corrected chi connectivity index (χ4v) is 13.1. The first-order valence-corrected chi connectivity index (χ1v) is 22.1. The van der Waals surface area contributed by atoms with Crippen molar-refractivity contribution in [3.05, 3.63) is 128 Å². The second kappa shape index (κ2) is 12.9. The fourth-order valence-electron chi connectivity index (χ4n) is 8.52. The largest absolute Gasteiger partial charge is 0.109 e. The Morgan fingerprint density at radius 1 is 0.451 bits per heavy atom. The number of hydrogen-bond acceptors (Lipinski definition) is 0. The number of rotatable bonds is 6. The van der Waals surface area contributed by atoms with E-state index in [0.717, 1.165) is 12.8 Å². The molecule has 0 N–H and O–H groups in total. The average Bonchev–Trinajstić information content (AvgIpc) is 3.69. The lowest BCUT2D eigenvalue weighted by Crippen LogP contribution is -2.39. The molecule has 0 atom stereocenters. The van der Waals surface area contributed by atoms with E-state index in [1.807, 2.05) is 0 Å². The second-order valence-corrected chi connectivity index (χ2v) is 24.7. The van der Waals surface area contributed by atoms with Gasteiger partial charge < -0.3 is 0 Å². The molecule has 0 bridgehead atoms. The lowest BCUT2D eigenvalue weighted by Gasteiger charge is -2.33. The number of hydrogen-bond donors (Lipinski definition) is 0. The van der Waals surface area contributed by atoms with Crippen molar-refractivity contribution in [3.8, 4) is 22.3 Å². The highest BCUT2D eigenvalue weighted by Crippen LogP contribution is 2.47. The third kappa shape index (κ3) is 7.05. The van der Waals surface area contributed by atoms with E-state index in [9.17, 15) is 0 Å². The van der Waals surface area contributed by atoms with Gasteiger partial charge in [0.25, 0.3) is 0 Å². The number of fused-ring (bicyclic) bond motifs is 2. The zero-order chi connectivity index (χ0) is 37.3. The van der Waals surface area contributed by atoms with Crippen molar-refractivity contribution in [1.29, 1.82) is 0 Å². The molecular formula is C50H64Si. The molecule has 2 aliphatic rings. The highest BCUT2D eigenvalue weighted by Gasteiger charge is 2.41. The maximum Gasteiger partial charge on any atom is 0.109 e. The third-order valence-electron chi connectivity index (χ3n) is 12.2. The zero-order valence-corrected chi connectivity index (χ0v) is 35.4. The molecule has 4 aromatic rings. The molecule has 0 fully saturated rings. The highest BCUT2D eigenvalue weighted by atomic mass is 28.3. The molecule has 0 heterocycles. The Kier molecular flexibility index (Phi) is 9.45. The number of allylic oxidation sites excluding steroid dienone is 2. The van der Waals surface area contributed by atoms with Crippen LogP contribution in [0.25, 0.3) is 34.4 Å². The summed E-state index contributed by atoms with van der Waals surface area (Å²) in [7, 11) is -1.96. The van der Waals surface area contributed by atoms with Crippen LogP contribution in [0.4, 0.5) is 0 Å². The highest BCUT2D eigenvalue weighted by molar-refractivity contribution is 6.94. The van der Waals surface area contributed by atoms with Gasteiger partial charge in [-0.15, -0.1) is 0 Å². The summed E-state index contributed by atoms with van der Waals surface area (Å²) in [4.78, 5) is 0. The van der Waals surface area contributed by atoms with E-state index < -0.39 is 8.07 Å². The molecule has 268 valence electrons. The molecule has 0 unspecified atom stereocenters. The third-order valence-corrected chi connectivity index (χ3v) is 17.7. The van der Waals surface area contributed by atoms with Gasteiger partial charge in [0, 0.05) is 0 Å². The fraction of sp³-hybridized carbons (Fsp3) is 0.440. The quantitative estimate of drug-likeness (QED) is 0.176. The van der Waals surface area contributed by atoms with Gasteiger partial charge in [-0.3, -0.25) is 0 Å². The standard InChI is InChI=1S/C50H64Si/c1-15-51(16-2,41-27-33-19-17-21-43(45(33)31-41)35-23-37(47(3,4)5)29-38(24-35)48(6,7)8)42-28-34-20-18-22-44(46(34)32-42)36-25-39(49(9,10)11)30-40(26-36)50(12,13)14/h17-26,29-32H,15-16,27-28H2,1-14H3. The Hall–Kier alpha value is -3.42. The van der Waals surface area contributed by atoms with E-state index in [0.29, 0.717) is 0 Å². The normalized spacial score (nSPS) is 15.1. The maximum atomic E-state index is 2.66. The van der Waals surface area contributed by atoms with Crippen molar-refractivity contribution in [2.75, 3.05) is 0 Å². The van der Waals surface area contributed by atoms with E-state index in [1.165, 1.54) is 78.8 Å². The van der Waals surface area contributed by atoms with Crippen molar-refractivity contribution in [3.63, 3.8) is 0 Å². The van der Waals surface area contributed by atoms with Gasteiger partial charge >= 0.3 is 0 Å². The lowest BCUT2D eigenvalue weighted by atomic mass is 9.78. The monoisotopic (exact) mass is 692 g/mol. The lowest BCUT2D eigenvalue weighted by molar-refractivity contribution is 0.568. The molecule has 0 amide bonds. The van der Waals surface area contributed by atoms with Gasteiger partial charge in [0.05, 0.1) is 0 Å². The summed E-state index contributed by atoms with van der Waals surface area (Å²) in [5.41, 5.74) is 17.5. The Bertz CT molecular complexity index is 1820. The molecule has 0 aliphatic heterocycles. The molecular weight excluding hydrogens is 629 g/mol. The molecule has 2 aliphatic carbocycles. The van der Waals surface area contributed by atoms with E-state index in [-0.39, 0.29) is 21.7 Å². The van der Waals surface area contributed by atoms with Crippen LogP contribution in [0.1, 0.15) is 141 Å². The summed E-state index contributed by atoms with van der Waals surface area (Å²) in [5, 5.41) is 3.45. The molecule has 1 heteroatoms. The minimum Gasteiger partial charge on any atom is -0.0709 e. The zero-order valence-electron chi connectivity index (χ0n) is 34.4. The van der Waals surface area contributed by atoms with Gasteiger partial charge in [0.2, 0.25) is 0 Å². The SMILES string of the molecule is CC[Si](CC)(C1=Cc2c(cccc2-c2cc(C(C)(C)C)cc(C(C)(C)C)c2)C1)C1=Cc2c(cccc2-c2cc(C(C)(C)C)cc(C(C)(C)C)c2)C1. The van der Waals surface area contributed by atoms with Crippen molar-refractivity contribution < 1.29 is 0 Å². The average molecular weight is 693 g/mol. The summed E-state index contributed by atoms with van der Waals surface area (Å²) in [6, 6.07) is 31.4. The van der Waals surface area contributed by atoms with Crippen molar-refractivity contribution in [1.82, 2.24) is 0 Å². The summed E-state index contributed by atoms with van der Waals surface area (Å²) in [5.74, 6) is 0.